The first kappa shape index (κ1) is 11.7. The highest BCUT2D eigenvalue weighted by atomic mass is 16.7. The third-order valence-electron chi connectivity index (χ3n) is 2.38. The van der Waals surface area contributed by atoms with Crippen molar-refractivity contribution in [3.05, 3.63) is 35.4 Å². The van der Waals surface area contributed by atoms with Crippen LogP contribution in [0.4, 0.5) is 0 Å². The molecule has 0 aliphatic carbocycles. The first-order valence-corrected chi connectivity index (χ1v) is 4.98. The molecular weight excluding hydrogens is 190 g/mol. The number of amides is 1. The third kappa shape index (κ3) is 2.80. The summed E-state index contributed by atoms with van der Waals surface area (Å²) < 4.78 is 0. The Morgan fingerprint density at radius 1 is 1.27 bits per heavy atom. The summed E-state index contributed by atoms with van der Waals surface area (Å²) in [5.74, 6) is 0.349. The van der Waals surface area contributed by atoms with Crippen LogP contribution >= 0.6 is 0 Å². The van der Waals surface area contributed by atoms with Gasteiger partial charge in [0.2, 0.25) is 0 Å². The number of carbonyl (C=O) groups excluding carboxylic acids is 1. The zero-order valence-electron chi connectivity index (χ0n) is 9.65. The zero-order valence-corrected chi connectivity index (χ0v) is 9.65. The van der Waals surface area contributed by atoms with Crippen LogP contribution in [0.2, 0.25) is 0 Å². The molecule has 0 saturated heterocycles. The molecular formula is C12H17NO2. The number of hydrogen-bond donors (Lipinski definition) is 0. The summed E-state index contributed by atoms with van der Waals surface area (Å²) in [5.41, 5.74) is 1.87. The van der Waals surface area contributed by atoms with Gasteiger partial charge in [0.25, 0.3) is 5.91 Å². The van der Waals surface area contributed by atoms with Crippen LogP contribution < -0.4 is 0 Å². The molecule has 0 aromatic heterocycles. The quantitative estimate of drug-likeness (QED) is 0.712. The number of hydroxylamine groups is 2. The van der Waals surface area contributed by atoms with Gasteiger partial charge in [0, 0.05) is 12.6 Å². The summed E-state index contributed by atoms with van der Waals surface area (Å²) in [4.78, 5) is 16.5. The number of nitrogens with zero attached hydrogens (tertiary/aromatic N) is 1. The van der Waals surface area contributed by atoms with Crippen LogP contribution in [0.5, 0.6) is 0 Å². The Morgan fingerprint density at radius 2 is 1.80 bits per heavy atom. The lowest BCUT2D eigenvalue weighted by molar-refractivity contribution is -0.0757. The fourth-order valence-corrected chi connectivity index (χ4v) is 1.28. The van der Waals surface area contributed by atoms with E-state index in [1.54, 1.807) is 7.05 Å². The van der Waals surface area contributed by atoms with Crippen molar-refractivity contribution in [2.75, 3.05) is 14.2 Å². The fourth-order valence-electron chi connectivity index (χ4n) is 1.28. The van der Waals surface area contributed by atoms with Crippen LogP contribution in [-0.4, -0.2) is 25.1 Å². The fraction of sp³-hybridized carbons (Fsp3) is 0.417. The van der Waals surface area contributed by atoms with E-state index in [1.165, 1.54) is 17.7 Å². The number of rotatable bonds is 3. The monoisotopic (exact) mass is 207 g/mol. The minimum Gasteiger partial charge on any atom is -0.274 e. The maximum Gasteiger partial charge on any atom is 0.277 e. The van der Waals surface area contributed by atoms with Crippen LogP contribution in [0.25, 0.3) is 0 Å². The Labute approximate surface area is 90.6 Å². The minimum absolute atomic E-state index is 0.132. The average molecular weight is 207 g/mol. The van der Waals surface area contributed by atoms with Gasteiger partial charge >= 0.3 is 0 Å². The third-order valence-corrected chi connectivity index (χ3v) is 2.38. The Hall–Kier alpha value is -1.35. The normalized spacial score (nSPS) is 10.5. The lowest BCUT2D eigenvalue weighted by Crippen LogP contribution is -2.25. The highest BCUT2D eigenvalue weighted by Gasteiger charge is 2.10. The zero-order chi connectivity index (χ0) is 11.4. The second-order valence-electron chi connectivity index (χ2n) is 3.76. The number of benzene rings is 1. The van der Waals surface area contributed by atoms with Crippen molar-refractivity contribution in [3.8, 4) is 0 Å². The molecule has 0 aliphatic heterocycles. The maximum atomic E-state index is 11.7. The Balaban J connectivity index is 2.84. The molecule has 0 bridgehead atoms. The largest absolute Gasteiger partial charge is 0.277 e. The molecule has 3 heteroatoms. The van der Waals surface area contributed by atoms with E-state index in [9.17, 15) is 4.79 Å². The van der Waals surface area contributed by atoms with E-state index in [0.29, 0.717) is 11.5 Å². The van der Waals surface area contributed by atoms with Crippen LogP contribution in [0.3, 0.4) is 0 Å². The molecule has 15 heavy (non-hydrogen) atoms. The highest BCUT2D eigenvalue weighted by Crippen LogP contribution is 2.15. The van der Waals surface area contributed by atoms with Crippen LogP contribution in [0.1, 0.15) is 35.7 Å². The summed E-state index contributed by atoms with van der Waals surface area (Å²) in [7, 11) is 3.07. The molecule has 1 amide bonds. The maximum absolute atomic E-state index is 11.7. The Bertz CT molecular complexity index is 330. The standard InChI is InChI=1S/C12H17NO2/c1-9(2)10-5-7-11(8-6-10)12(14)13(3)15-4/h5-9H,1-4H3. The smallest absolute Gasteiger partial charge is 0.274 e. The van der Waals surface area contributed by atoms with E-state index in [0.717, 1.165) is 0 Å². The molecule has 0 aliphatic rings. The summed E-state index contributed by atoms with van der Waals surface area (Å²) in [5, 5.41) is 1.21. The van der Waals surface area contributed by atoms with E-state index >= 15 is 0 Å². The molecule has 1 aromatic rings. The lowest BCUT2D eigenvalue weighted by atomic mass is 10.0. The molecule has 0 spiro atoms. The average Bonchev–Trinajstić information content (AvgIpc) is 2.27. The summed E-state index contributed by atoms with van der Waals surface area (Å²) in [6.45, 7) is 4.25. The van der Waals surface area contributed by atoms with Gasteiger partial charge in [0.05, 0.1) is 7.11 Å². The topological polar surface area (TPSA) is 29.5 Å². The molecule has 82 valence electrons. The SMILES string of the molecule is CON(C)C(=O)c1ccc(C(C)C)cc1. The van der Waals surface area contributed by atoms with E-state index < -0.39 is 0 Å². The Morgan fingerprint density at radius 3 is 2.20 bits per heavy atom. The molecule has 3 nitrogen and oxygen atoms in total. The second-order valence-corrected chi connectivity index (χ2v) is 3.76. The van der Waals surface area contributed by atoms with Gasteiger partial charge in [-0.1, -0.05) is 26.0 Å². The van der Waals surface area contributed by atoms with Gasteiger partial charge in [-0.2, -0.15) is 0 Å². The van der Waals surface area contributed by atoms with Crippen LogP contribution in [0, 0.1) is 0 Å². The lowest BCUT2D eigenvalue weighted by Gasteiger charge is -2.14. The van der Waals surface area contributed by atoms with Crippen molar-refractivity contribution < 1.29 is 9.63 Å². The Kier molecular flexibility index (Phi) is 3.86. The van der Waals surface area contributed by atoms with E-state index in [-0.39, 0.29) is 5.91 Å². The van der Waals surface area contributed by atoms with Crippen molar-refractivity contribution in [2.45, 2.75) is 19.8 Å². The molecule has 0 radical (unpaired) electrons. The van der Waals surface area contributed by atoms with Crippen LogP contribution in [-0.2, 0) is 4.84 Å². The predicted molar refractivity (Wildman–Crippen MR) is 59.6 cm³/mol. The van der Waals surface area contributed by atoms with Gasteiger partial charge in [-0.3, -0.25) is 9.63 Å². The van der Waals surface area contributed by atoms with E-state index in [4.69, 9.17) is 4.84 Å². The van der Waals surface area contributed by atoms with Crippen molar-refractivity contribution in [1.82, 2.24) is 5.06 Å². The van der Waals surface area contributed by atoms with Crippen molar-refractivity contribution >= 4 is 5.91 Å². The van der Waals surface area contributed by atoms with Gasteiger partial charge in [-0.25, -0.2) is 5.06 Å². The van der Waals surface area contributed by atoms with Crippen molar-refractivity contribution in [2.24, 2.45) is 0 Å². The van der Waals surface area contributed by atoms with Crippen molar-refractivity contribution in [1.29, 1.82) is 0 Å². The first-order chi connectivity index (χ1) is 7.06. The molecule has 0 saturated carbocycles. The van der Waals surface area contributed by atoms with Crippen LogP contribution in [0.15, 0.2) is 24.3 Å². The van der Waals surface area contributed by atoms with E-state index in [1.807, 2.05) is 24.3 Å². The summed E-state index contributed by atoms with van der Waals surface area (Å²) in [6, 6.07) is 7.60. The summed E-state index contributed by atoms with van der Waals surface area (Å²) >= 11 is 0. The summed E-state index contributed by atoms with van der Waals surface area (Å²) in [6.07, 6.45) is 0. The predicted octanol–water partition coefficient (Wildman–Crippen LogP) is 2.44. The minimum atomic E-state index is -0.132. The van der Waals surface area contributed by atoms with Crippen molar-refractivity contribution in [3.63, 3.8) is 0 Å². The van der Waals surface area contributed by atoms with Gasteiger partial charge < -0.3 is 0 Å². The molecule has 0 N–H and O–H groups in total. The molecule has 1 rings (SSSR count). The van der Waals surface area contributed by atoms with E-state index in [2.05, 4.69) is 13.8 Å². The number of carbonyl (C=O) groups is 1. The highest BCUT2D eigenvalue weighted by molar-refractivity contribution is 5.93. The van der Waals surface area contributed by atoms with Gasteiger partial charge in [0.15, 0.2) is 0 Å². The van der Waals surface area contributed by atoms with Gasteiger partial charge in [0.1, 0.15) is 0 Å². The molecule has 0 fully saturated rings. The molecule has 0 atom stereocenters. The molecule has 1 aromatic carbocycles. The second kappa shape index (κ2) is 4.94. The first-order valence-electron chi connectivity index (χ1n) is 4.98. The van der Waals surface area contributed by atoms with Gasteiger partial charge in [-0.05, 0) is 23.6 Å². The molecule has 0 unspecified atom stereocenters. The molecule has 0 heterocycles. The van der Waals surface area contributed by atoms with Gasteiger partial charge in [-0.15, -0.1) is 0 Å². The number of hydrogen-bond acceptors (Lipinski definition) is 2.